The van der Waals surface area contributed by atoms with Crippen LogP contribution in [0.2, 0.25) is 0 Å². The largest absolute Gasteiger partial charge is 0.325 e. The predicted octanol–water partition coefficient (Wildman–Crippen LogP) is 3.90. The third-order valence-electron chi connectivity index (χ3n) is 4.01. The van der Waals surface area contributed by atoms with Gasteiger partial charge in [-0.05, 0) is 48.9 Å². The van der Waals surface area contributed by atoms with Crippen LogP contribution < -0.4 is 5.32 Å². The number of carbonyl (C=O) groups excluding carboxylic acids is 1. The van der Waals surface area contributed by atoms with Crippen LogP contribution >= 0.6 is 11.8 Å². The zero-order valence-corrected chi connectivity index (χ0v) is 17.2. The third kappa shape index (κ3) is 5.54. The molecule has 1 amide bonds. The average molecular weight is 411 g/mol. The minimum absolute atomic E-state index is 0.137. The zero-order chi connectivity index (χ0) is 20.0. The van der Waals surface area contributed by atoms with Crippen LogP contribution in [0.15, 0.2) is 52.3 Å². The van der Waals surface area contributed by atoms with Gasteiger partial charge in [0.25, 0.3) is 0 Å². The van der Waals surface area contributed by atoms with E-state index in [9.17, 15) is 17.6 Å². The quantitative estimate of drug-likeness (QED) is 0.671. The van der Waals surface area contributed by atoms with Crippen molar-refractivity contribution in [2.75, 3.05) is 24.2 Å². The average Bonchev–Trinajstić information content (AvgIpc) is 2.63. The van der Waals surface area contributed by atoms with E-state index in [0.29, 0.717) is 18.8 Å². The van der Waals surface area contributed by atoms with Gasteiger partial charge in [-0.1, -0.05) is 19.9 Å². The molecule has 8 heteroatoms. The molecule has 0 aromatic heterocycles. The first-order chi connectivity index (χ1) is 12.8. The SMILES string of the molecule is CCN(CC)S(=O)(=O)c1ccc(C)c(NC(=O)CSc2ccc(F)cc2)c1. The Morgan fingerprint density at radius 2 is 1.74 bits per heavy atom. The molecule has 0 aliphatic heterocycles. The van der Waals surface area contributed by atoms with Crippen molar-refractivity contribution >= 4 is 33.4 Å². The number of halogens is 1. The van der Waals surface area contributed by atoms with Crippen molar-refractivity contribution in [1.82, 2.24) is 4.31 Å². The first-order valence-electron chi connectivity index (χ1n) is 8.57. The number of hydrogen-bond donors (Lipinski definition) is 1. The molecule has 0 spiro atoms. The second-order valence-electron chi connectivity index (χ2n) is 5.86. The Balaban J connectivity index is 2.11. The van der Waals surface area contributed by atoms with Crippen LogP contribution in [0.5, 0.6) is 0 Å². The molecule has 1 N–H and O–H groups in total. The molecular formula is C19H23FN2O3S2. The number of sulfonamides is 1. The van der Waals surface area contributed by atoms with Crippen molar-refractivity contribution in [3.63, 3.8) is 0 Å². The van der Waals surface area contributed by atoms with E-state index < -0.39 is 10.0 Å². The number of nitrogens with zero attached hydrogens (tertiary/aromatic N) is 1. The number of carbonyl (C=O) groups is 1. The van der Waals surface area contributed by atoms with Crippen LogP contribution in [0, 0.1) is 12.7 Å². The van der Waals surface area contributed by atoms with Gasteiger partial charge in [0.15, 0.2) is 0 Å². The lowest BCUT2D eigenvalue weighted by molar-refractivity contribution is -0.113. The van der Waals surface area contributed by atoms with E-state index in [2.05, 4.69) is 5.32 Å². The number of rotatable bonds is 8. The first kappa shape index (κ1) is 21.4. The molecule has 0 heterocycles. The standard InChI is InChI=1S/C19H23FN2O3S2/c1-4-22(5-2)27(24,25)17-11-6-14(3)18(12-17)21-19(23)13-26-16-9-7-15(20)8-10-16/h6-12H,4-5,13H2,1-3H3,(H,21,23). The van der Waals surface area contributed by atoms with Gasteiger partial charge in [-0.15, -0.1) is 11.8 Å². The van der Waals surface area contributed by atoms with E-state index in [1.165, 1.54) is 34.3 Å². The first-order valence-corrected chi connectivity index (χ1v) is 11.0. The van der Waals surface area contributed by atoms with Gasteiger partial charge in [-0.25, -0.2) is 12.8 Å². The number of anilines is 1. The molecule has 0 aliphatic rings. The molecule has 0 bridgehead atoms. The van der Waals surface area contributed by atoms with E-state index >= 15 is 0 Å². The highest BCUT2D eigenvalue weighted by Crippen LogP contribution is 2.24. The molecule has 0 unspecified atom stereocenters. The summed E-state index contributed by atoms with van der Waals surface area (Å²) >= 11 is 1.28. The van der Waals surface area contributed by atoms with Crippen molar-refractivity contribution in [1.29, 1.82) is 0 Å². The van der Waals surface area contributed by atoms with E-state index in [1.807, 2.05) is 0 Å². The highest BCUT2D eigenvalue weighted by atomic mass is 32.2. The van der Waals surface area contributed by atoms with Crippen LogP contribution in [0.25, 0.3) is 0 Å². The molecule has 146 valence electrons. The highest BCUT2D eigenvalue weighted by molar-refractivity contribution is 8.00. The summed E-state index contributed by atoms with van der Waals surface area (Å²) in [5, 5.41) is 2.76. The Hall–Kier alpha value is -1.90. The van der Waals surface area contributed by atoms with Gasteiger partial charge >= 0.3 is 0 Å². The molecule has 0 saturated carbocycles. The summed E-state index contributed by atoms with van der Waals surface area (Å²) in [6.07, 6.45) is 0. The molecule has 2 aromatic carbocycles. The summed E-state index contributed by atoms with van der Waals surface area (Å²) in [6, 6.07) is 10.6. The monoisotopic (exact) mass is 410 g/mol. The van der Waals surface area contributed by atoms with Crippen molar-refractivity contribution < 1.29 is 17.6 Å². The molecule has 27 heavy (non-hydrogen) atoms. The Morgan fingerprint density at radius 1 is 1.11 bits per heavy atom. The summed E-state index contributed by atoms with van der Waals surface area (Å²) in [7, 11) is -3.59. The predicted molar refractivity (Wildman–Crippen MR) is 107 cm³/mol. The lowest BCUT2D eigenvalue weighted by Crippen LogP contribution is -2.30. The molecular weight excluding hydrogens is 387 g/mol. The number of hydrogen-bond acceptors (Lipinski definition) is 4. The highest BCUT2D eigenvalue weighted by Gasteiger charge is 2.22. The lowest BCUT2D eigenvalue weighted by atomic mass is 10.2. The molecule has 0 atom stereocenters. The van der Waals surface area contributed by atoms with Gasteiger partial charge < -0.3 is 5.32 Å². The normalized spacial score (nSPS) is 11.6. The van der Waals surface area contributed by atoms with E-state index in [-0.39, 0.29) is 22.4 Å². The fourth-order valence-electron chi connectivity index (χ4n) is 2.47. The topological polar surface area (TPSA) is 66.5 Å². The fourth-order valence-corrected chi connectivity index (χ4v) is 4.66. The fraction of sp³-hybridized carbons (Fsp3) is 0.316. The summed E-state index contributed by atoms with van der Waals surface area (Å²) in [5.41, 5.74) is 1.24. The van der Waals surface area contributed by atoms with Gasteiger partial charge in [-0.3, -0.25) is 4.79 Å². The second-order valence-corrected chi connectivity index (χ2v) is 8.84. The van der Waals surface area contributed by atoms with Crippen molar-refractivity contribution in [2.24, 2.45) is 0 Å². The summed E-state index contributed by atoms with van der Waals surface area (Å²) in [6.45, 7) is 6.12. The minimum Gasteiger partial charge on any atom is -0.325 e. The van der Waals surface area contributed by atoms with Crippen molar-refractivity contribution in [2.45, 2.75) is 30.6 Å². The Bertz CT molecular complexity index is 896. The van der Waals surface area contributed by atoms with Crippen LogP contribution in [0.1, 0.15) is 19.4 Å². The smallest absolute Gasteiger partial charge is 0.243 e. The second kappa shape index (κ2) is 9.34. The number of aryl methyl sites for hydroxylation is 1. The molecule has 0 saturated heterocycles. The van der Waals surface area contributed by atoms with Gasteiger partial charge in [0.05, 0.1) is 10.6 Å². The summed E-state index contributed by atoms with van der Waals surface area (Å²) in [4.78, 5) is 13.2. The van der Waals surface area contributed by atoms with Crippen LogP contribution in [-0.4, -0.2) is 37.5 Å². The lowest BCUT2D eigenvalue weighted by Gasteiger charge is -2.19. The molecule has 0 radical (unpaired) electrons. The van der Waals surface area contributed by atoms with Crippen molar-refractivity contribution in [3.8, 4) is 0 Å². The van der Waals surface area contributed by atoms with Crippen molar-refractivity contribution in [3.05, 3.63) is 53.8 Å². The van der Waals surface area contributed by atoms with Gasteiger partial charge in [0, 0.05) is 23.7 Å². The maximum atomic E-state index is 12.9. The van der Waals surface area contributed by atoms with Gasteiger partial charge in [-0.2, -0.15) is 4.31 Å². The number of nitrogens with one attached hydrogen (secondary N) is 1. The molecule has 0 aliphatic carbocycles. The number of amides is 1. The minimum atomic E-state index is -3.59. The zero-order valence-electron chi connectivity index (χ0n) is 15.5. The molecule has 2 aromatic rings. The number of benzene rings is 2. The summed E-state index contributed by atoms with van der Waals surface area (Å²) in [5.74, 6) is -0.451. The molecule has 0 fully saturated rings. The van der Waals surface area contributed by atoms with Crippen LogP contribution in [0.3, 0.4) is 0 Å². The maximum Gasteiger partial charge on any atom is 0.243 e. The summed E-state index contributed by atoms with van der Waals surface area (Å²) < 4.78 is 39.6. The maximum absolute atomic E-state index is 12.9. The van der Waals surface area contributed by atoms with E-state index in [1.54, 1.807) is 45.0 Å². The van der Waals surface area contributed by atoms with E-state index in [0.717, 1.165) is 10.5 Å². The molecule has 2 rings (SSSR count). The Kier molecular flexibility index (Phi) is 7.41. The Morgan fingerprint density at radius 3 is 2.33 bits per heavy atom. The van der Waals surface area contributed by atoms with E-state index in [4.69, 9.17) is 0 Å². The van der Waals surface area contributed by atoms with Gasteiger partial charge in [0.2, 0.25) is 15.9 Å². The number of thioether (sulfide) groups is 1. The van der Waals surface area contributed by atoms with Gasteiger partial charge in [0.1, 0.15) is 5.82 Å². The van der Waals surface area contributed by atoms with Crippen LogP contribution in [0.4, 0.5) is 10.1 Å². The molecule has 5 nitrogen and oxygen atoms in total. The Labute approximate surface area is 164 Å². The third-order valence-corrected chi connectivity index (χ3v) is 7.07. The van der Waals surface area contributed by atoms with Crippen LogP contribution in [-0.2, 0) is 14.8 Å².